The van der Waals surface area contributed by atoms with Crippen LogP contribution in [0.25, 0.3) is 11.0 Å². The Labute approximate surface area is 79.0 Å². The van der Waals surface area contributed by atoms with Crippen molar-refractivity contribution < 1.29 is 15.0 Å². The van der Waals surface area contributed by atoms with E-state index in [4.69, 9.17) is 10.2 Å². The second-order valence-electron chi connectivity index (χ2n) is 2.90. The van der Waals surface area contributed by atoms with Crippen molar-refractivity contribution >= 4 is 17.0 Å². The molecule has 0 atom stereocenters. The molecule has 5 nitrogen and oxygen atoms in total. The Balaban J connectivity index is 2.73. The molecule has 72 valence electrons. The van der Waals surface area contributed by atoms with Gasteiger partial charge in [-0.3, -0.25) is 0 Å². The van der Waals surface area contributed by atoms with Crippen LogP contribution in [0.15, 0.2) is 18.5 Å². The molecule has 14 heavy (non-hydrogen) atoms. The fourth-order valence-corrected chi connectivity index (χ4v) is 1.37. The molecule has 2 rings (SSSR count). The van der Waals surface area contributed by atoms with Crippen molar-refractivity contribution in [1.29, 1.82) is 0 Å². The van der Waals surface area contributed by atoms with Gasteiger partial charge < -0.3 is 15.2 Å². The first-order valence-electron chi connectivity index (χ1n) is 4.02. The second kappa shape index (κ2) is 3.12. The average Bonchev–Trinajstić information content (AvgIpc) is 2.63. The SMILES string of the molecule is O=C(O)c1cc(CO)c2nc[nH]c2c1. The predicted octanol–water partition coefficient (Wildman–Crippen LogP) is 0.753. The standard InChI is InChI=1S/C9H8N2O3/c12-3-6-1-5(9(13)14)2-7-8(6)11-4-10-7/h1-2,4,12H,3H2,(H,10,11)(H,13,14). The Hall–Kier alpha value is -1.88. The molecule has 0 saturated heterocycles. The van der Waals surface area contributed by atoms with E-state index in [0.29, 0.717) is 16.6 Å². The average molecular weight is 192 g/mol. The van der Waals surface area contributed by atoms with Crippen LogP contribution >= 0.6 is 0 Å². The van der Waals surface area contributed by atoms with Crippen molar-refractivity contribution in [2.75, 3.05) is 0 Å². The first kappa shape index (κ1) is 8.71. The fourth-order valence-electron chi connectivity index (χ4n) is 1.37. The number of carboxylic acid groups (broad SMARTS) is 1. The van der Waals surface area contributed by atoms with E-state index < -0.39 is 5.97 Å². The van der Waals surface area contributed by atoms with E-state index in [0.717, 1.165) is 0 Å². The molecule has 0 aliphatic carbocycles. The van der Waals surface area contributed by atoms with E-state index in [9.17, 15) is 4.79 Å². The van der Waals surface area contributed by atoms with Crippen molar-refractivity contribution in [2.45, 2.75) is 6.61 Å². The van der Waals surface area contributed by atoms with Crippen molar-refractivity contribution in [3.8, 4) is 0 Å². The Morgan fingerprint density at radius 2 is 2.29 bits per heavy atom. The molecule has 1 heterocycles. The summed E-state index contributed by atoms with van der Waals surface area (Å²) in [5.41, 5.74) is 1.89. The molecular weight excluding hydrogens is 184 g/mol. The van der Waals surface area contributed by atoms with E-state index in [1.807, 2.05) is 0 Å². The van der Waals surface area contributed by atoms with E-state index in [2.05, 4.69) is 9.97 Å². The number of nitrogens with zero attached hydrogens (tertiary/aromatic N) is 1. The Bertz CT molecular complexity index is 490. The number of imidazole rings is 1. The van der Waals surface area contributed by atoms with E-state index >= 15 is 0 Å². The highest BCUT2D eigenvalue weighted by atomic mass is 16.4. The van der Waals surface area contributed by atoms with Crippen LogP contribution in [0.5, 0.6) is 0 Å². The molecule has 0 aliphatic heterocycles. The van der Waals surface area contributed by atoms with Crippen LogP contribution in [0.1, 0.15) is 15.9 Å². The van der Waals surface area contributed by atoms with Crippen LogP contribution in [0.2, 0.25) is 0 Å². The van der Waals surface area contributed by atoms with Gasteiger partial charge in [0.05, 0.1) is 29.5 Å². The number of aliphatic hydroxyl groups excluding tert-OH is 1. The molecule has 0 aliphatic rings. The molecule has 1 aromatic heterocycles. The summed E-state index contributed by atoms with van der Waals surface area (Å²) in [7, 11) is 0. The van der Waals surface area contributed by atoms with E-state index in [1.165, 1.54) is 18.5 Å². The quantitative estimate of drug-likeness (QED) is 0.655. The van der Waals surface area contributed by atoms with Gasteiger partial charge >= 0.3 is 5.97 Å². The van der Waals surface area contributed by atoms with Gasteiger partial charge in [0.2, 0.25) is 0 Å². The number of benzene rings is 1. The monoisotopic (exact) mass is 192 g/mol. The lowest BCUT2D eigenvalue weighted by molar-refractivity contribution is 0.0697. The lowest BCUT2D eigenvalue weighted by Gasteiger charge is -2.00. The smallest absolute Gasteiger partial charge is 0.335 e. The summed E-state index contributed by atoms with van der Waals surface area (Å²) in [6, 6.07) is 2.91. The maximum Gasteiger partial charge on any atom is 0.335 e. The lowest BCUT2D eigenvalue weighted by Crippen LogP contribution is -1.98. The van der Waals surface area contributed by atoms with Crippen LogP contribution in [0.4, 0.5) is 0 Å². The van der Waals surface area contributed by atoms with E-state index in [1.54, 1.807) is 0 Å². The second-order valence-corrected chi connectivity index (χ2v) is 2.90. The highest BCUT2D eigenvalue weighted by Crippen LogP contribution is 2.17. The number of aromatic amines is 1. The van der Waals surface area contributed by atoms with Gasteiger partial charge in [0.1, 0.15) is 0 Å². The van der Waals surface area contributed by atoms with Gasteiger partial charge in [-0.1, -0.05) is 0 Å². The minimum atomic E-state index is -1.02. The van der Waals surface area contributed by atoms with E-state index in [-0.39, 0.29) is 12.2 Å². The van der Waals surface area contributed by atoms with Crippen LogP contribution < -0.4 is 0 Å². The number of hydrogen-bond donors (Lipinski definition) is 3. The van der Waals surface area contributed by atoms with Gasteiger partial charge in [-0.05, 0) is 12.1 Å². The number of nitrogens with one attached hydrogen (secondary N) is 1. The maximum absolute atomic E-state index is 10.7. The maximum atomic E-state index is 10.7. The number of aliphatic hydroxyl groups is 1. The van der Waals surface area contributed by atoms with Crippen LogP contribution in [0, 0.1) is 0 Å². The zero-order valence-electron chi connectivity index (χ0n) is 7.19. The molecular formula is C9H8N2O3. The molecule has 0 amide bonds. The summed E-state index contributed by atoms with van der Waals surface area (Å²) in [5.74, 6) is -1.02. The molecule has 3 N–H and O–H groups in total. The number of carbonyl (C=O) groups is 1. The molecule has 0 spiro atoms. The first-order chi connectivity index (χ1) is 6.72. The first-order valence-corrected chi connectivity index (χ1v) is 4.02. The summed E-state index contributed by atoms with van der Waals surface area (Å²) in [6.07, 6.45) is 1.47. The van der Waals surface area contributed by atoms with Crippen molar-refractivity contribution in [3.05, 3.63) is 29.6 Å². The Kier molecular flexibility index (Phi) is 1.94. The number of hydrogen-bond acceptors (Lipinski definition) is 3. The third-order valence-electron chi connectivity index (χ3n) is 2.02. The molecule has 0 saturated carbocycles. The fraction of sp³-hybridized carbons (Fsp3) is 0.111. The molecule has 0 bridgehead atoms. The van der Waals surface area contributed by atoms with Gasteiger partial charge in [-0.2, -0.15) is 0 Å². The number of aromatic nitrogens is 2. The molecule has 0 unspecified atom stereocenters. The highest BCUT2D eigenvalue weighted by molar-refractivity contribution is 5.93. The molecule has 2 aromatic rings. The lowest BCUT2D eigenvalue weighted by atomic mass is 10.1. The van der Waals surface area contributed by atoms with Crippen LogP contribution in [0.3, 0.4) is 0 Å². The molecule has 0 radical (unpaired) electrons. The zero-order chi connectivity index (χ0) is 10.1. The van der Waals surface area contributed by atoms with Gasteiger partial charge in [0.15, 0.2) is 0 Å². The van der Waals surface area contributed by atoms with Crippen LogP contribution in [-0.4, -0.2) is 26.2 Å². The third kappa shape index (κ3) is 1.23. The predicted molar refractivity (Wildman–Crippen MR) is 49.0 cm³/mol. The normalized spacial score (nSPS) is 10.6. The summed E-state index contributed by atoms with van der Waals surface area (Å²) in [5, 5.41) is 17.8. The van der Waals surface area contributed by atoms with Gasteiger partial charge in [0, 0.05) is 5.56 Å². The number of carboxylic acids is 1. The van der Waals surface area contributed by atoms with Crippen molar-refractivity contribution in [1.82, 2.24) is 9.97 Å². The minimum absolute atomic E-state index is 0.144. The number of rotatable bonds is 2. The third-order valence-corrected chi connectivity index (χ3v) is 2.02. The van der Waals surface area contributed by atoms with Crippen molar-refractivity contribution in [2.24, 2.45) is 0 Å². The highest BCUT2D eigenvalue weighted by Gasteiger charge is 2.09. The number of H-pyrrole nitrogens is 1. The Morgan fingerprint density at radius 3 is 2.93 bits per heavy atom. The number of fused-ring (bicyclic) bond motifs is 1. The summed E-state index contributed by atoms with van der Waals surface area (Å²) < 4.78 is 0. The van der Waals surface area contributed by atoms with Crippen molar-refractivity contribution in [3.63, 3.8) is 0 Å². The molecule has 1 aromatic carbocycles. The summed E-state index contributed by atoms with van der Waals surface area (Å²) in [6.45, 7) is -0.220. The zero-order valence-corrected chi connectivity index (χ0v) is 7.19. The number of aromatic carboxylic acids is 1. The summed E-state index contributed by atoms with van der Waals surface area (Å²) >= 11 is 0. The Morgan fingerprint density at radius 1 is 1.50 bits per heavy atom. The van der Waals surface area contributed by atoms with Gasteiger partial charge in [-0.15, -0.1) is 0 Å². The van der Waals surface area contributed by atoms with Crippen LogP contribution in [-0.2, 0) is 6.61 Å². The van der Waals surface area contributed by atoms with Gasteiger partial charge in [-0.25, -0.2) is 9.78 Å². The summed E-state index contributed by atoms with van der Waals surface area (Å²) in [4.78, 5) is 17.5. The minimum Gasteiger partial charge on any atom is -0.478 e. The largest absolute Gasteiger partial charge is 0.478 e. The van der Waals surface area contributed by atoms with Gasteiger partial charge in [0.25, 0.3) is 0 Å². The topological polar surface area (TPSA) is 86.2 Å². The molecule has 5 heteroatoms. The molecule has 0 fully saturated rings.